The third-order valence-corrected chi connectivity index (χ3v) is 5.00. The molecule has 1 fully saturated rings. The number of carbonyl (C=O) groups is 1. The van der Waals surface area contributed by atoms with Gasteiger partial charge in [-0.25, -0.2) is 4.79 Å². The highest BCUT2D eigenvalue weighted by molar-refractivity contribution is 7.14. The van der Waals surface area contributed by atoms with E-state index in [1.165, 1.54) is 11.5 Å². The zero-order chi connectivity index (χ0) is 16.4. The highest BCUT2D eigenvalue weighted by Gasteiger charge is 2.27. The molecule has 6 nitrogen and oxygen atoms in total. The highest BCUT2D eigenvalue weighted by atomic mass is 32.1. The van der Waals surface area contributed by atoms with Gasteiger partial charge in [0.15, 0.2) is 5.82 Å². The Labute approximate surface area is 143 Å². The van der Waals surface area contributed by atoms with Crippen LogP contribution in [0.5, 0.6) is 0 Å². The third-order valence-electron chi connectivity index (χ3n) is 3.36. The summed E-state index contributed by atoms with van der Waals surface area (Å²) in [6.07, 6.45) is -0.242. The van der Waals surface area contributed by atoms with Crippen LogP contribution in [0.2, 0.25) is 0 Å². The molecule has 1 aliphatic heterocycles. The molecule has 1 saturated heterocycles. The van der Waals surface area contributed by atoms with Crippen LogP contribution in [-0.4, -0.2) is 52.1 Å². The summed E-state index contributed by atoms with van der Waals surface area (Å²) < 4.78 is 9.85. The van der Waals surface area contributed by atoms with Crippen LogP contribution >= 0.6 is 22.9 Å². The number of piperazine rings is 1. The van der Waals surface area contributed by atoms with Gasteiger partial charge < -0.3 is 14.5 Å². The lowest BCUT2D eigenvalue weighted by Crippen LogP contribution is -2.50. The summed E-state index contributed by atoms with van der Waals surface area (Å²) in [5, 5.41) is 2.94. The van der Waals surface area contributed by atoms with Crippen LogP contribution in [0.1, 0.15) is 20.8 Å². The number of amides is 1. The maximum absolute atomic E-state index is 12.1. The number of hydrogen-bond donors (Lipinski definition) is 0. The molecule has 1 aliphatic rings. The molecule has 0 bridgehead atoms. The van der Waals surface area contributed by atoms with E-state index in [4.69, 9.17) is 4.74 Å². The fourth-order valence-electron chi connectivity index (χ4n) is 2.26. The molecule has 8 heteroatoms. The van der Waals surface area contributed by atoms with E-state index in [0.29, 0.717) is 13.1 Å². The molecule has 0 unspecified atom stereocenters. The molecule has 0 N–H and O–H groups in total. The van der Waals surface area contributed by atoms with E-state index in [9.17, 15) is 4.79 Å². The van der Waals surface area contributed by atoms with Gasteiger partial charge in [-0.2, -0.15) is 9.36 Å². The van der Waals surface area contributed by atoms with Gasteiger partial charge in [-0.15, -0.1) is 11.3 Å². The van der Waals surface area contributed by atoms with Crippen LogP contribution in [-0.2, 0) is 4.74 Å². The quantitative estimate of drug-likeness (QED) is 0.830. The molecule has 124 valence electrons. The number of rotatable bonds is 2. The van der Waals surface area contributed by atoms with Gasteiger partial charge in [0.2, 0.25) is 5.13 Å². The Kier molecular flexibility index (Phi) is 4.54. The predicted octanol–water partition coefficient (Wildman–Crippen LogP) is 3.32. The van der Waals surface area contributed by atoms with Gasteiger partial charge in [-0.1, -0.05) is 6.07 Å². The van der Waals surface area contributed by atoms with Gasteiger partial charge in [0.05, 0.1) is 4.88 Å². The van der Waals surface area contributed by atoms with Crippen LogP contribution < -0.4 is 4.90 Å². The second-order valence-electron chi connectivity index (χ2n) is 6.33. The molecule has 23 heavy (non-hydrogen) atoms. The highest BCUT2D eigenvalue weighted by Crippen LogP contribution is 2.27. The normalized spacial score (nSPS) is 15.8. The Morgan fingerprint density at radius 3 is 2.61 bits per heavy atom. The van der Waals surface area contributed by atoms with E-state index in [2.05, 4.69) is 14.3 Å². The molecule has 0 radical (unpaired) electrons. The van der Waals surface area contributed by atoms with Crippen LogP contribution in [0, 0.1) is 0 Å². The average Bonchev–Trinajstić information content (AvgIpc) is 3.17. The zero-order valence-corrected chi connectivity index (χ0v) is 15.1. The maximum Gasteiger partial charge on any atom is 0.410 e. The number of thiophene rings is 1. The van der Waals surface area contributed by atoms with Crippen molar-refractivity contribution in [1.82, 2.24) is 14.3 Å². The zero-order valence-electron chi connectivity index (χ0n) is 13.5. The van der Waals surface area contributed by atoms with Crippen molar-refractivity contribution in [2.24, 2.45) is 0 Å². The van der Waals surface area contributed by atoms with Crippen LogP contribution in [0.15, 0.2) is 17.5 Å². The molecule has 2 aromatic heterocycles. The molecule has 0 spiro atoms. The summed E-state index contributed by atoms with van der Waals surface area (Å²) in [7, 11) is 0. The number of aromatic nitrogens is 2. The van der Waals surface area contributed by atoms with E-state index in [1.54, 1.807) is 16.2 Å². The Balaban J connectivity index is 1.58. The Hall–Kier alpha value is -1.67. The first-order valence-corrected chi connectivity index (χ1v) is 9.18. The van der Waals surface area contributed by atoms with E-state index >= 15 is 0 Å². The van der Waals surface area contributed by atoms with Crippen molar-refractivity contribution in [2.75, 3.05) is 31.1 Å². The van der Waals surface area contributed by atoms with Gasteiger partial charge >= 0.3 is 6.09 Å². The van der Waals surface area contributed by atoms with Crippen molar-refractivity contribution in [2.45, 2.75) is 26.4 Å². The lowest BCUT2D eigenvalue weighted by Gasteiger charge is -2.35. The minimum Gasteiger partial charge on any atom is -0.444 e. The largest absolute Gasteiger partial charge is 0.444 e. The monoisotopic (exact) mass is 352 g/mol. The number of hydrogen-bond acceptors (Lipinski definition) is 7. The average molecular weight is 352 g/mol. The molecular weight excluding hydrogens is 332 g/mol. The first-order chi connectivity index (χ1) is 10.9. The molecule has 1 amide bonds. The Morgan fingerprint density at radius 2 is 2.00 bits per heavy atom. The van der Waals surface area contributed by atoms with E-state index in [-0.39, 0.29) is 6.09 Å². The van der Waals surface area contributed by atoms with Crippen LogP contribution in [0.25, 0.3) is 10.7 Å². The fourth-order valence-corrected chi connectivity index (χ4v) is 3.70. The molecule has 0 saturated carbocycles. The standard InChI is InChI=1S/C15H20N4O2S2/c1-15(2,3)21-14(20)19-8-6-18(7-9-19)13-16-12(17-23-13)11-5-4-10-22-11/h4-5,10H,6-9H2,1-3H3. The minimum absolute atomic E-state index is 0.242. The van der Waals surface area contributed by atoms with Gasteiger partial charge in [0.1, 0.15) is 5.60 Å². The van der Waals surface area contributed by atoms with Crippen LogP contribution in [0.4, 0.5) is 9.93 Å². The summed E-state index contributed by atoms with van der Waals surface area (Å²) in [5.74, 6) is 0.787. The molecular formula is C15H20N4O2S2. The van der Waals surface area contributed by atoms with E-state index < -0.39 is 5.60 Å². The van der Waals surface area contributed by atoms with E-state index in [0.717, 1.165) is 28.9 Å². The number of nitrogens with zero attached hydrogens (tertiary/aromatic N) is 4. The smallest absolute Gasteiger partial charge is 0.410 e. The van der Waals surface area contributed by atoms with Crippen molar-refractivity contribution in [3.63, 3.8) is 0 Å². The SMILES string of the molecule is CC(C)(C)OC(=O)N1CCN(c2nc(-c3cccs3)ns2)CC1. The van der Waals surface area contributed by atoms with Gasteiger partial charge in [0, 0.05) is 37.7 Å². The summed E-state index contributed by atoms with van der Waals surface area (Å²) in [6, 6.07) is 4.03. The lowest BCUT2D eigenvalue weighted by atomic mass is 10.2. The molecule has 3 heterocycles. The second kappa shape index (κ2) is 6.45. The summed E-state index contributed by atoms with van der Waals surface area (Å²) >= 11 is 3.05. The lowest BCUT2D eigenvalue weighted by molar-refractivity contribution is 0.0240. The van der Waals surface area contributed by atoms with Crippen molar-refractivity contribution in [3.05, 3.63) is 17.5 Å². The Bertz CT molecular complexity index is 655. The third kappa shape index (κ3) is 4.00. The molecule has 3 rings (SSSR count). The molecule has 0 aromatic carbocycles. The predicted molar refractivity (Wildman–Crippen MR) is 93.2 cm³/mol. The summed E-state index contributed by atoms with van der Waals surface area (Å²) in [5.41, 5.74) is -0.455. The van der Waals surface area contributed by atoms with Crippen molar-refractivity contribution >= 4 is 34.1 Å². The van der Waals surface area contributed by atoms with Gasteiger partial charge in [-0.05, 0) is 32.2 Å². The van der Waals surface area contributed by atoms with E-state index in [1.807, 2.05) is 38.3 Å². The number of anilines is 1. The molecule has 0 aliphatic carbocycles. The van der Waals surface area contributed by atoms with Crippen LogP contribution in [0.3, 0.4) is 0 Å². The van der Waals surface area contributed by atoms with Crippen molar-refractivity contribution < 1.29 is 9.53 Å². The number of carbonyl (C=O) groups excluding carboxylic acids is 1. The van der Waals surface area contributed by atoms with Gasteiger partial charge in [-0.3, -0.25) is 0 Å². The fraction of sp³-hybridized carbons (Fsp3) is 0.533. The Morgan fingerprint density at radius 1 is 1.26 bits per heavy atom. The maximum atomic E-state index is 12.1. The van der Waals surface area contributed by atoms with Crippen molar-refractivity contribution in [1.29, 1.82) is 0 Å². The minimum atomic E-state index is -0.455. The topological polar surface area (TPSA) is 58.6 Å². The first-order valence-electron chi connectivity index (χ1n) is 7.53. The summed E-state index contributed by atoms with van der Waals surface area (Å²) in [6.45, 7) is 8.43. The molecule has 0 atom stereocenters. The molecule has 2 aromatic rings. The summed E-state index contributed by atoms with van der Waals surface area (Å²) in [4.78, 5) is 21.7. The number of ether oxygens (including phenoxy) is 1. The second-order valence-corrected chi connectivity index (χ2v) is 8.01. The van der Waals surface area contributed by atoms with Gasteiger partial charge in [0.25, 0.3) is 0 Å². The first kappa shape index (κ1) is 16.2. The van der Waals surface area contributed by atoms with Crippen molar-refractivity contribution in [3.8, 4) is 10.7 Å².